The number of benzene rings is 1. The maximum absolute atomic E-state index is 14.2. The van der Waals surface area contributed by atoms with E-state index in [1.165, 1.54) is 10.6 Å². The molecule has 0 radical (unpaired) electrons. The Morgan fingerprint density at radius 3 is 2.29 bits per heavy atom. The molecule has 0 saturated carbocycles. The lowest BCUT2D eigenvalue weighted by Crippen LogP contribution is -2.48. The van der Waals surface area contributed by atoms with Crippen LogP contribution in [0.1, 0.15) is 11.4 Å². The number of piperazine rings is 1. The van der Waals surface area contributed by atoms with Crippen LogP contribution >= 0.6 is 23.2 Å². The zero-order chi connectivity index (χ0) is 24.9. The van der Waals surface area contributed by atoms with Gasteiger partial charge in [0.05, 0.1) is 27.1 Å². The molecule has 1 aliphatic rings. The highest BCUT2D eigenvalue weighted by Crippen LogP contribution is 2.46. The highest BCUT2D eigenvalue weighted by atomic mass is 35.5. The first kappa shape index (κ1) is 24.9. The summed E-state index contributed by atoms with van der Waals surface area (Å²) in [7, 11) is -1.32. The number of halogens is 2. The lowest BCUT2D eigenvalue weighted by atomic mass is 10.1. The summed E-state index contributed by atoms with van der Waals surface area (Å²) in [6.07, 6.45) is 3.02. The summed E-state index contributed by atoms with van der Waals surface area (Å²) in [5.74, 6) is 0.872. The number of hydrogen-bond acceptors (Lipinski definition) is 5. The van der Waals surface area contributed by atoms with E-state index in [2.05, 4.69) is 20.3 Å². The Hall–Kier alpha value is -2.17. The summed E-state index contributed by atoms with van der Waals surface area (Å²) in [6.45, 7) is 7.21. The number of aryl methyl sites for hydroxylation is 2. The maximum atomic E-state index is 14.2. The van der Waals surface area contributed by atoms with Gasteiger partial charge in [0.1, 0.15) is 10.7 Å². The van der Waals surface area contributed by atoms with Crippen LogP contribution in [0, 0.1) is 13.8 Å². The molecule has 4 rings (SSSR count). The van der Waals surface area contributed by atoms with Gasteiger partial charge in [0, 0.05) is 52.7 Å². The van der Waals surface area contributed by atoms with E-state index in [-0.39, 0.29) is 14.9 Å². The molecule has 0 amide bonds. The number of nitrogens with one attached hydrogen (secondary N) is 1. The van der Waals surface area contributed by atoms with E-state index < -0.39 is 9.53 Å². The van der Waals surface area contributed by atoms with Crippen molar-refractivity contribution < 1.29 is 8.76 Å². The van der Waals surface area contributed by atoms with Crippen LogP contribution in [0.2, 0.25) is 10.0 Å². The quantitative estimate of drug-likeness (QED) is 0.521. The molecule has 0 spiro atoms. The number of nitrogens with zero attached hydrogens (tertiary/aromatic N) is 5. The fraction of sp³-hybridized carbons (Fsp3) is 0.391. The van der Waals surface area contributed by atoms with Gasteiger partial charge in [0.2, 0.25) is 0 Å². The smallest absolute Gasteiger partial charge is 0.129 e. The van der Waals surface area contributed by atoms with E-state index >= 15 is 0 Å². The second kappa shape index (κ2) is 8.80. The average Bonchev–Trinajstić information content (AvgIpc) is 3.03. The molecule has 1 aliphatic heterocycles. The van der Waals surface area contributed by atoms with E-state index in [0.717, 1.165) is 48.8 Å². The number of pyridine rings is 1. The highest BCUT2D eigenvalue weighted by Gasteiger charge is 2.37. The van der Waals surface area contributed by atoms with Crippen molar-refractivity contribution in [2.75, 3.05) is 48.7 Å². The van der Waals surface area contributed by atoms with Crippen molar-refractivity contribution in [3.63, 3.8) is 0 Å². The van der Waals surface area contributed by atoms with Gasteiger partial charge in [-0.2, -0.15) is 9.31 Å². The Bertz CT molecular complexity index is 1290. The van der Waals surface area contributed by atoms with E-state index in [1.54, 1.807) is 44.0 Å². The molecule has 8 nitrogen and oxygen atoms in total. The van der Waals surface area contributed by atoms with Crippen molar-refractivity contribution in [1.29, 1.82) is 0 Å². The summed E-state index contributed by atoms with van der Waals surface area (Å²) >= 11 is 13.3. The van der Waals surface area contributed by atoms with E-state index in [9.17, 15) is 8.76 Å². The zero-order valence-electron chi connectivity index (χ0n) is 20.0. The number of hydrogen-bond donors (Lipinski definition) is 2. The van der Waals surface area contributed by atoms with Crippen molar-refractivity contribution in [3.05, 3.63) is 51.9 Å². The first-order valence-corrected chi connectivity index (χ1v) is 14.0. The Morgan fingerprint density at radius 2 is 1.74 bits per heavy atom. The van der Waals surface area contributed by atoms with Crippen LogP contribution in [0.4, 0.5) is 11.5 Å². The van der Waals surface area contributed by atoms with Crippen molar-refractivity contribution in [2.45, 2.75) is 18.7 Å². The molecule has 0 aliphatic carbocycles. The first-order chi connectivity index (χ1) is 15.9. The van der Waals surface area contributed by atoms with Gasteiger partial charge in [0.25, 0.3) is 0 Å². The fourth-order valence-corrected chi connectivity index (χ4v) is 7.95. The van der Waals surface area contributed by atoms with Gasteiger partial charge < -0.3 is 10.2 Å². The van der Waals surface area contributed by atoms with Crippen LogP contribution in [0.25, 0.3) is 11.1 Å². The monoisotopic (exact) mass is 524 g/mol. The molecule has 1 saturated heterocycles. The van der Waals surface area contributed by atoms with E-state index in [4.69, 9.17) is 23.2 Å². The largest absolute Gasteiger partial charge is 0.354 e. The molecule has 3 aromatic rings. The average molecular weight is 526 g/mol. The van der Waals surface area contributed by atoms with Gasteiger partial charge in [0.15, 0.2) is 0 Å². The predicted octanol–water partition coefficient (Wildman–Crippen LogP) is 4.15. The minimum Gasteiger partial charge on any atom is -0.354 e. The number of aromatic nitrogens is 3. The third-order valence-electron chi connectivity index (χ3n) is 6.42. The molecule has 0 atom stereocenters. The summed E-state index contributed by atoms with van der Waals surface area (Å²) < 4.78 is 28.8. The van der Waals surface area contributed by atoms with Gasteiger partial charge in [-0.25, -0.2) is 4.98 Å². The Balaban J connectivity index is 1.76. The molecule has 1 aromatic carbocycles. The van der Waals surface area contributed by atoms with E-state index in [1.807, 2.05) is 19.1 Å². The third kappa shape index (κ3) is 4.31. The molecule has 1 fully saturated rings. The van der Waals surface area contributed by atoms with Crippen molar-refractivity contribution in [2.24, 2.45) is 7.05 Å². The van der Waals surface area contributed by atoms with Gasteiger partial charge in [-0.3, -0.25) is 13.5 Å². The molecular formula is C23H30Cl2N6O2S. The summed E-state index contributed by atoms with van der Waals surface area (Å²) in [5.41, 5.74) is 3.59. The molecule has 2 N–H and O–H groups in total. The second-order valence-corrected chi connectivity index (χ2v) is 13.0. The van der Waals surface area contributed by atoms with Crippen molar-refractivity contribution in [3.8, 4) is 11.1 Å². The van der Waals surface area contributed by atoms with Gasteiger partial charge in [-0.05, 0) is 49.2 Å². The third-order valence-corrected chi connectivity index (χ3v) is 10.1. The molecule has 0 unspecified atom stereocenters. The Kier molecular flexibility index (Phi) is 6.46. The summed E-state index contributed by atoms with van der Waals surface area (Å²) in [5, 5.41) is 7.96. The van der Waals surface area contributed by atoms with Crippen LogP contribution in [0.15, 0.2) is 35.4 Å². The number of rotatable bonds is 5. The predicted molar refractivity (Wildman–Crippen MR) is 141 cm³/mol. The molecule has 184 valence electrons. The SMILES string of the molecule is Cc1nn(C)c(C)c1N(C)S(C)(=O)(O)c1c(Cl)cc(-c2ccnc(N3CCNCC3)c2)cc1Cl. The van der Waals surface area contributed by atoms with Gasteiger partial charge in [-0.15, -0.1) is 0 Å². The standard InChI is InChI=1S/C23H30Cl2N6O2S/c1-15-22(16(2)29(3)28-15)30(4)34(5,32,33)23-19(24)12-18(13-20(23)25)17-6-7-27-21(14-17)31-10-8-26-9-11-31/h6-7,12-14,26H,8-11H2,1-5H3,(H,32,33). The summed E-state index contributed by atoms with van der Waals surface area (Å²) in [4.78, 5) is 6.72. The molecular weight excluding hydrogens is 495 g/mol. The lowest BCUT2D eigenvalue weighted by Gasteiger charge is -2.48. The van der Waals surface area contributed by atoms with Crippen LogP contribution in [0.5, 0.6) is 0 Å². The van der Waals surface area contributed by atoms with Crippen LogP contribution in [-0.2, 0) is 16.6 Å². The van der Waals surface area contributed by atoms with Gasteiger partial charge in [-0.1, -0.05) is 32.7 Å². The fourth-order valence-electron chi connectivity index (χ4n) is 4.41. The summed E-state index contributed by atoms with van der Waals surface area (Å²) in [6, 6.07) is 7.23. The van der Waals surface area contributed by atoms with Gasteiger partial charge >= 0.3 is 0 Å². The van der Waals surface area contributed by atoms with Crippen molar-refractivity contribution in [1.82, 2.24) is 20.1 Å². The minimum absolute atomic E-state index is 0.00868. The minimum atomic E-state index is -4.68. The van der Waals surface area contributed by atoms with Crippen LogP contribution in [-0.4, -0.2) is 63.0 Å². The normalized spacial score (nSPS) is 15.8. The molecule has 34 heavy (non-hydrogen) atoms. The highest BCUT2D eigenvalue weighted by molar-refractivity contribution is 8.15. The number of anilines is 2. The lowest BCUT2D eigenvalue weighted by molar-refractivity contribution is 0.516. The maximum Gasteiger partial charge on any atom is 0.129 e. The Labute approximate surface area is 210 Å². The van der Waals surface area contributed by atoms with Crippen LogP contribution < -0.4 is 14.5 Å². The first-order valence-electron chi connectivity index (χ1n) is 10.9. The van der Waals surface area contributed by atoms with Crippen LogP contribution in [0.3, 0.4) is 0 Å². The zero-order valence-corrected chi connectivity index (χ0v) is 22.3. The topological polar surface area (TPSA) is 86.5 Å². The van der Waals surface area contributed by atoms with E-state index in [0.29, 0.717) is 11.4 Å². The molecule has 0 bridgehead atoms. The molecule has 2 aromatic heterocycles. The molecule has 11 heteroatoms. The second-order valence-electron chi connectivity index (χ2n) is 8.78. The Morgan fingerprint density at radius 1 is 1.12 bits per heavy atom. The molecule has 3 heterocycles. The van der Waals surface area contributed by atoms with Crippen molar-refractivity contribution >= 4 is 44.2 Å².